The minimum absolute atomic E-state index is 0.0291. The first kappa shape index (κ1) is 25.8. The van der Waals surface area contributed by atoms with E-state index in [0.717, 1.165) is 35.8 Å². The Morgan fingerprint density at radius 1 is 1.00 bits per heavy atom. The molecule has 2 amide bonds. The van der Waals surface area contributed by atoms with E-state index >= 15 is 0 Å². The first-order valence-electron chi connectivity index (χ1n) is 10.1. The van der Waals surface area contributed by atoms with Crippen LogP contribution in [0.1, 0.15) is 22.3 Å². The zero-order valence-electron chi connectivity index (χ0n) is 17.8. The third kappa shape index (κ3) is 5.92. The molecule has 1 heterocycles. The fourth-order valence-electron chi connectivity index (χ4n) is 3.27. The number of thioether (sulfide) groups is 1. The molecule has 0 spiro atoms. The number of benzene rings is 3. The second-order valence-corrected chi connectivity index (χ2v) is 11.7. The Hall–Kier alpha value is -1.27. The van der Waals surface area contributed by atoms with Gasteiger partial charge in [0.25, 0.3) is 11.1 Å². The summed E-state index contributed by atoms with van der Waals surface area (Å²) < 4.78 is 7.91. The quantitative estimate of drug-likeness (QED) is 0.189. The highest BCUT2D eigenvalue weighted by molar-refractivity contribution is 14.1. The number of amides is 2. The summed E-state index contributed by atoms with van der Waals surface area (Å²) in [5, 5.41) is 0.483. The van der Waals surface area contributed by atoms with Gasteiger partial charge in [0.05, 0.1) is 18.6 Å². The maximum absolute atomic E-state index is 13.0. The summed E-state index contributed by atoms with van der Waals surface area (Å²) in [7, 11) is 0. The molecular weight excluding hydrogens is 719 g/mol. The van der Waals surface area contributed by atoms with Crippen molar-refractivity contribution < 1.29 is 14.3 Å². The first-order chi connectivity index (χ1) is 16.2. The lowest BCUT2D eigenvalue weighted by Gasteiger charge is -2.14. The molecule has 1 saturated heterocycles. The third-order valence-corrected chi connectivity index (χ3v) is 8.29. The highest BCUT2D eigenvalue weighted by Crippen LogP contribution is 2.37. The highest BCUT2D eigenvalue weighted by atomic mass is 127. The van der Waals surface area contributed by atoms with Crippen molar-refractivity contribution in [2.24, 2.45) is 0 Å². The number of nitrogens with zero attached hydrogens (tertiary/aromatic N) is 1. The lowest BCUT2D eigenvalue weighted by Crippen LogP contribution is -2.27. The Morgan fingerprint density at radius 2 is 1.62 bits per heavy atom. The number of ether oxygens (including phenoxy) is 1. The van der Waals surface area contributed by atoms with E-state index in [1.54, 1.807) is 24.3 Å². The van der Waals surface area contributed by atoms with E-state index in [4.69, 9.17) is 27.9 Å². The molecule has 1 aliphatic heterocycles. The van der Waals surface area contributed by atoms with Gasteiger partial charge in [-0.3, -0.25) is 14.5 Å². The van der Waals surface area contributed by atoms with Gasteiger partial charge in [0.2, 0.25) is 0 Å². The van der Waals surface area contributed by atoms with E-state index in [1.807, 2.05) is 12.1 Å². The van der Waals surface area contributed by atoms with Crippen LogP contribution < -0.4 is 4.74 Å². The number of hydrogen-bond donors (Lipinski definition) is 0. The molecule has 0 aromatic heterocycles. The van der Waals surface area contributed by atoms with E-state index in [2.05, 4.69) is 76.4 Å². The average Bonchev–Trinajstić information content (AvgIpc) is 3.04. The van der Waals surface area contributed by atoms with Gasteiger partial charge in [-0.2, -0.15) is 0 Å². The molecule has 3 aromatic carbocycles. The standard InChI is InChI=1S/C25H17Cl2I2NO3S/c1-14-5-7-15(8-6-14)13-33-23-20(28)9-16(10-21(23)29)11-22-24(31)30(25(32)34-22)12-17-18(26)3-2-4-19(17)27/h2-11H,12-13H2,1H3/b22-11-. The monoisotopic (exact) mass is 735 g/mol. The number of aryl methyl sites for hydroxylation is 1. The maximum atomic E-state index is 13.0. The van der Waals surface area contributed by atoms with Crippen molar-refractivity contribution >= 4 is 97.4 Å². The van der Waals surface area contributed by atoms with E-state index in [0.29, 0.717) is 27.1 Å². The van der Waals surface area contributed by atoms with Crippen molar-refractivity contribution in [1.82, 2.24) is 4.90 Å². The number of rotatable bonds is 6. The topological polar surface area (TPSA) is 46.6 Å². The van der Waals surface area contributed by atoms with Crippen LogP contribution in [0.3, 0.4) is 0 Å². The molecule has 34 heavy (non-hydrogen) atoms. The zero-order valence-corrected chi connectivity index (χ0v) is 24.4. The zero-order chi connectivity index (χ0) is 24.4. The van der Waals surface area contributed by atoms with E-state index in [9.17, 15) is 9.59 Å². The fourth-order valence-corrected chi connectivity index (χ4v) is 6.75. The number of imide groups is 1. The number of hydrogen-bond acceptors (Lipinski definition) is 4. The Bertz CT molecular complexity index is 1270. The third-order valence-electron chi connectivity index (χ3n) is 5.07. The van der Waals surface area contributed by atoms with Gasteiger partial charge in [0.15, 0.2) is 0 Å². The summed E-state index contributed by atoms with van der Waals surface area (Å²) in [5.74, 6) is 0.427. The number of halogens is 4. The minimum Gasteiger partial charge on any atom is -0.487 e. The summed E-state index contributed by atoms with van der Waals surface area (Å²) in [5.41, 5.74) is 3.66. The SMILES string of the molecule is Cc1ccc(COc2c(I)cc(/C=C3\SC(=O)N(Cc4c(Cl)cccc4Cl)C3=O)cc2I)cc1. The van der Waals surface area contributed by atoms with E-state index in [-0.39, 0.29) is 17.7 Å². The second-order valence-electron chi connectivity index (χ2n) is 7.56. The summed E-state index contributed by atoms with van der Waals surface area (Å²) in [4.78, 5) is 27.0. The normalized spacial score (nSPS) is 14.9. The summed E-state index contributed by atoms with van der Waals surface area (Å²) in [6.45, 7) is 2.55. The van der Waals surface area contributed by atoms with Crippen molar-refractivity contribution in [3.63, 3.8) is 0 Å². The minimum atomic E-state index is -0.365. The smallest absolute Gasteiger partial charge is 0.293 e. The van der Waals surface area contributed by atoms with Gasteiger partial charge in [-0.25, -0.2) is 0 Å². The van der Waals surface area contributed by atoms with Crippen LogP contribution in [-0.2, 0) is 17.9 Å². The molecule has 0 atom stereocenters. The molecule has 1 aliphatic rings. The second kappa shape index (κ2) is 11.2. The summed E-state index contributed by atoms with van der Waals surface area (Å²) >= 11 is 17.8. The summed E-state index contributed by atoms with van der Waals surface area (Å²) in [6.07, 6.45) is 1.73. The molecule has 9 heteroatoms. The fraction of sp³-hybridized carbons (Fsp3) is 0.120. The van der Waals surface area contributed by atoms with Gasteiger partial charge < -0.3 is 4.74 Å². The van der Waals surface area contributed by atoms with Gasteiger partial charge in [-0.1, -0.05) is 59.1 Å². The van der Waals surface area contributed by atoms with Crippen LogP contribution in [-0.4, -0.2) is 16.0 Å². The Kier molecular flexibility index (Phi) is 8.50. The van der Waals surface area contributed by atoms with Crippen molar-refractivity contribution in [1.29, 1.82) is 0 Å². The van der Waals surface area contributed by atoms with Crippen LogP contribution in [0.25, 0.3) is 6.08 Å². The average molecular weight is 736 g/mol. The molecule has 4 rings (SSSR count). The van der Waals surface area contributed by atoms with Gasteiger partial charge in [-0.05, 0) is 105 Å². The molecule has 0 bridgehead atoms. The van der Waals surface area contributed by atoms with Crippen LogP contribution in [0.4, 0.5) is 4.79 Å². The largest absolute Gasteiger partial charge is 0.487 e. The molecule has 4 nitrogen and oxygen atoms in total. The lowest BCUT2D eigenvalue weighted by molar-refractivity contribution is -0.123. The van der Waals surface area contributed by atoms with Gasteiger partial charge in [-0.15, -0.1) is 0 Å². The molecule has 0 N–H and O–H groups in total. The number of carbonyl (C=O) groups excluding carboxylic acids is 2. The molecule has 0 saturated carbocycles. The predicted octanol–water partition coefficient (Wildman–Crippen LogP) is 8.33. The highest BCUT2D eigenvalue weighted by Gasteiger charge is 2.35. The first-order valence-corrected chi connectivity index (χ1v) is 13.8. The number of carbonyl (C=O) groups is 2. The Labute approximate surface area is 239 Å². The van der Waals surface area contributed by atoms with Crippen molar-refractivity contribution in [2.75, 3.05) is 0 Å². The molecule has 0 radical (unpaired) electrons. The van der Waals surface area contributed by atoms with Crippen molar-refractivity contribution in [3.05, 3.63) is 98.9 Å². The van der Waals surface area contributed by atoms with Gasteiger partial charge in [0.1, 0.15) is 12.4 Å². The molecule has 1 fully saturated rings. The predicted molar refractivity (Wildman–Crippen MR) is 155 cm³/mol. The molecule has 0 unspecified atom stereocenters. The molecule has 0 aliphatic carbocycles. The van der Waals surface area contributed by atoms with E-state index in [1.165, 1.54) is 10.5 Å². The lowest BCUT2D eigenvalue weighted by atomic mass is 10.1. The molecule has 174 valence electrons. The van der Waals surface area contributed by atoms with Crippen LogP contribution in [0.5, 0.6) is 5.75 Å². The van der Waals surface area contributed by atoms with Crippen LogP contribution in [0.15, 0.2) is 59.5 Å². The Morgan fingerprint density at radius 3 is 2.24 bits per heavy atom. The molecule has 3 aromatic rings. The van der Waals surface area contributed by atoms with Crippen molar-refractivity contribution in [2.45, 2.75) is 20.1 Å². The van der Waals surface area contributed by atoms with E-state index < -0.39 is 0 Å². The van der Waals surface area contributed by atoms with Crippen LogP contribution in [0.2, 0.25) is 10.0 Å². The van der Waals surface area contributed by atoms with Crippen LogP contribution >= 0.6 is 80.1 Å². The van der Waals surface area contributed by atoms with Gasteiger partial charge >= 0.3 is 0 Å². The summed E-state index contributed by atoms with van der Waals surface area (Å²) in [6, 6.07) is 17.2. The van der Waals surface area contributed by atoms with Gasteiger partial charge in [0, 0.05) is 15.6 Å². The Balaban J connectivity index is 1.51. The van der Waals surface area contributed by atoms with Crippen LogP contribution in [0, 0.1) is 14.1 Å². The maximum Gasteiger partial charge on any atom is 0.293 e. The molecular formula is C25H17Cl2I2NO3S. The van der Waals surface area contributed by atoms with Crippen molar-refractivity contribution in [3.8, 4) is 5.75 Å².